The number of rotatable bonds is 5. The molecule has 3 nitrogen and oxygen atoms in total. The van der Waals surface area contributed by atoms with Crippen LogP contribution in [0.5, 0.6) is 0 Å². The van der Waals surface area contributed by atoms with E-state index in [4.69, 9.17) is 0 Å². The minimum absolute atomic E-state index is 0.0711. The van der Waals surface area contributed by atoms with Crippen molar-refractivity contribution in [2.24, 2.45) is 5.92 Å². The normalized spacial score (nSPS) is 22.2. The van der Waals surface area contributed by atoms with E-state index in [1.807, 2.05) is 18.2 Å². The maximum Gasteiger partial charge on any atom is 0.0626 e. The second kappa shape index (κ2) is 5.99. The monoisotopic (exact) mass is 220 g/mol. The summed E-state index contributed by atoms with van der Waals surface area (Å²) in [6.07, 6.45) is 1.24. The Morgan fingerprint density at radius 2 is 2.19 bits per heavy atom. The molecule has 0 spiro atoms. The average molecular weight is 220 g/mol. The summed E-state index contributed by atoms with van der Waals surface area (Å²) < 4.78 is 0. The lowest BCUT2D eigenvalue weighted by Gasteiger charge is -2.19. The van der Waals surface area contributed by atoms with Crippen LogP contribution in [0, 0.1) is 5.92 Å². The van der Waals surface area contributed by atoms with Crippen LogP contribution in [0.15, 0.2) is 30.3 Å². The first-order valence-electron chi connectivity index (χ1n) is 6.00. The third-order valence-electron chi connectivity index (χ3n) is 3.20. The minimum atomic E-state index is 0.0711. The number of aliphatic hydroxyl groups excluding tert-OH is 1. The van der Waals surface area contributed by atoms with Crippen molar-refractivity contribution in [2.45, 2.75) is 12.5 Å². The zero-order chi connectivity index (χ0) is 11.2. The van der Waals surface area contributed by atoms with E-state index >= 15 is 0 Å². The van der Waals surface area contributed by atoms with Gasteiger partial charge in [0.05, 0.1) is 12.6 Å². The van der Waals surface area contributed by atoms with Gasteiger partial charge in [0.1, 0.15) is 0 Å². The number of nitrogens with one attached hydrogen (secondary N) is 2. The number of hydrogen-bond donors (Lipinski definition) is 3. The maximum atomic E-state index is 9.38. The van der Waals surface area contributed by atoms with Gasteiger partial charge in [0.25, 0.3) is 0 Å². The van der Waals surface area contributed by atoms with Crippen LogP contribution in [-0.2, 0) is 0 Å². The predicted octanol–water partition coefficient (Wildman–Crippen LogP) is 0.919. The van der Waals surface area contributed by atoms with Crippen molar-refractivity contribution in [1.29, 1.82) is 0 Å². The molecule has 1 aliphatic heterocycles. The Kier molecular flexibility index (Phi) is 4.34. The summed E-state index contributed by atoms with van der Waals surface area (Å²) in [6, 6.07) is 10.2. The Morgan fingerprint density at radius 3 is 2.81 bits per heavy atom. The zero-order valence-corrected chi connectivity index (χ0v) is 9.52. The summed E-state index contributed by atoms with van der Waals surface area (Å²) in [7, 11) is 0. The SMILES string of the molecule is OC[C@@H](NC[C@@H]1CCNC1)c1ccccc1. The molecule has 3 heteroatoms. The van der Waals surface area contributed by atoms with E-state index in [0.717, 1.165) is 25.2 Å². The second-order valence-corrected chi connectivity index (χ2v) is 4.41. The molecule has 0 amide bonds. The number of benzene rings is 1. The molecule has 0 bridgehead atoms. The standard InChI is InChI=1S/C13H20N2O/c16-10-13(12-4-2-1-3-5-12)15-9-11-6-7-14-8-11/h1-5,11,13-16H,6-10H2/t11-,13-/m1/s1. The smallest absolute Gasteiger partial charge is 0.0626 e. The van der Waals surface area contributed by atoms with Crippen LogP contribution in [0.4, 0.5) is 0 Å². The number of hydrogen-bond acceptors (Lipinski definition) is 3. The van der Waals surface area contributed by atoms with Crippen LogP contribution in [-0.4, -0.2) is 31.3 Å². The van der Waals surface area contributed by atoms with Crippen molar-refractivity contribution in [3.05, 3.63) is 35.9 Å². The maximum absolute atomic E-state index is 9.38. The van der Waals surface area contributed by atoms with Crippen LogP contribution in [0.3, 0.4) is 0 Å². The summed E-state index contributed by atoms with van der Waals surface area (Å²) in [6.45, 7) is 3.36. The first-order valence-corrected chi connectivity index (χ1v) is 6.00. The molecule has 3 N–H and O–H groups in total. The molecule has 0 saturated carbocycles. The van der Waals surface area contributed by atoms with Gasteiger partial charge in [0.15, 0.2) is 0 Å². The van der Waals surface area contributed by atoms with Crippen LogP contribution in [0.25, 0.3) is 0 Å². The Bertz CT molecular complexity index is 296. The highest BCUT2D eigenvalue weighted by Crippen LogP contribution is 2.13. The van der Waals surface area contributed by atoms with E-state index in [2.05, 4.69) is 22.8 Å². The fourth-order valence-corrected chi connectivity index (χ4v) is 2.17. The molecular formula is C13H20N2O. The Balaban J connectivity index is 1.85. The van der Waals surface area contributed by atoms with E-state index in [9.17, 15) is 5.11 Å². The van der Waals surface area contributed by atoms with Crippen molar-refractivity contribution in [1.82, 2.24) is 10.6 Å². The lowest BCUT2D eigenvalue weighted by molar-refractivity contribution is 0.240. The molecular weight excluding hydrogens is 200 g/mol. The van der Waals surface area contributed by atoms with E-state index in [1.54, 1.807) is 0 Å². The van der Waals surface area contributed by atoms with Gasteiger partial charge in [-0.05, 0) is 37.5 Å². The molecule has 0 radical (unpaired) electrons. The highest BCUT2D eigenvalue weighted by molar-refractivity contribution is 5.18. The molecule has 88 valence electrons. The Labute approximate surface area is 96.9 Å². The van der Waals surface area contributed by atoms with E-state index in [-0.39, 0.29) is 12.6 Å². The van der Waals surface area contributed by atoms with Crippen molar-refractivity contribution < 1.29 is 5.11 Å². The van der Waals surface area contributed by atoms with E-state index < -0.39 is 0 Å². The van der Waals surface area contributed by atoms with Gasteiger partial charge in [-0.25, -0.2) is 0 Å². The first-order chi connectivity index (χ1) is 7.90. The van der Waals surface area contributed by atoms with Crippen LogP contribution < -0.4 is 10.6 Å². The quantitative estimate of drug-likeness (QED) is 0.691. The molecule has 1 aromatic carbocycles. The van der Waals surface area contributed by atoms with E-state index in [0.29, 0.717) is 5.92 Å². The number of aliphatic hydroxyl groups is 1. The molecule has 1 heterocycles. The molecule has 1 saturated heterocycles. The molecule has 1 aliphatic rings. The molecule has 1 fully saturated rings. The molecule has 1 aromatic rings. The summed E-state index contributed by atoms with van der Waals surface area (Å²) in [5, 5.41) is 16.2. The molecule has 2 atom stereocenters. The van der Waals surface area contributed by atoms with Crippen LogP contribution >= 0.6 is 0 Å². The van der Waals surface area contributed by atoms with E-state index in [1.165, 1.54) is 6.42 Å². The van der Waals surface area contributed by atoms with Gasteiger partial charge in [-0.2, -0.15) is 0 Å². The molecule has 0 unspecified atom stereocenters. The fraction of sp³-hybridized carbons (Fsp3) is 0.538. The highest BCUT2D eigenvalue weighted by Gasteiger charge is 2.16. The first kappa shape index (κ1) is 11.6. The third kappa shape index (κ3) is 3.04. The minimum Gasteiger partial charge on any atom is -0.394 e. The molecule has 0 aliphatic carbocycles. The predicted molar refractivity (Wildman–Crippen MR) is 65.2 cm³/mol. The summed E-state index contributed by atoms with van der Waals surface area (Å²) in [5.74, 6) is 0.706. The summed E-state index contributed by atoms with van der Waals surface area (Å²) in [4.78, 5) is 0. The van der Waals surface area contributed by atoms with Gasteiger partial charge < -0.3 is 15.7 Å². The fourth-order valence-electron chi connectivity index (χ4n) is 2.17. The summed E-state index contributed by atoms with van der Waals surface area (Å²) in [5.41, 5.74) is 1.16. The van der Waals surface area contributed by atoms with Gasteiger partial charge in [-0.3, -0.25) is 0 Å². The van der Waals surface area contributed by atoms with Crippen molar-refractivity contribution >= 4 is 0 Å². The summed E-state index contributed by atoms with van der Waals surface area (Å²) >= 11 is 0. The lowest BCUT2D eigenvalue weighted by Crippen LogP contribution is -2.30. The van der Waals surface area contributed by atoms with Crippen molar-refractivity contribution in [2.75, 3.05) is 26.2 Å². The highest BCUT2D eigenvalue weighted by atomic mass is 16.3. The topological polar surface area (TPSA) is 44.3 Å². The van der Waals surface area contributed by atoms with Crippen molar-refractivity contribution in [3.63, 3.8) is 0 Å². The average Bonchev–Trinajstić information content (AvgIpc) is 2.84. The zero-order valence-electron chi connectivity index (χ0n) is 9.52. The molecule has 16 heavy (non-hydrogen) atoms. The van der Waals surface area contributed by atoms with Gasteiger partial charge in [-0.1, -0.05) is 30.3 Å². The molecule has 2 rings (SSSR count). The lowest BCUT2D eigenvalue weighted by atomic mass is 10.1. The Morgan fingerprint density at radius 1 is 1.38 bits per heavy atom. The second-order valence-electron chi connectivity index (χ2n) is 4.41. The third-order valence-corrected chi connectivity index (χ3v) is 3.20. The van der Waals surface area contributed by atoms with Crippen LogP contribution in [0.1, 0.15) is 18.0 Å². The largest absolute Gasteiger partial charge is 0.394 e. The van der Waals surface area contributed by atoms with Gasteiger partial charge >= 0.3 is 0 Å². The van der Waals surface area contributed by atoms with Crippen molar-refractivity contribution in [3.8, 4) is 0 Å². The van der Waals surface area contributed by atoms with Crippen LogP contribution in [0.2, 0.25) is 0 Å². The van der Waals surface area contributed by atoms with Gasteiger partial charge in [-0.15, -0.1) is 0 Å². The van der Waals surface area contributed by atoms with Gasteiger partial charge in [0, 0.05) is 0 Å². The molecule has 0 aromatic heterocycles. The Hall–Kier alpha value is -0.900. The van der Waals surface area contributed by atoms with Gasteiger partial charge in [0.2, 0.25) is 0 Å².